The number of aromatic amines is 1. The summed E-state index contributed by atoms with van der Waals surface area (Å²) in [5, 5.41) is 9.09. The summed E-state index contributed by atoms with van der Waals surface area (Å²) in [6.07, 6.45) is 0. The number of H-pyrrole nitrogens is 1. The maximum absolute atomic E-state index is 11.7. The molecule has 100 valence electrons. The zero-order valence-electron chi connectivity index (χ0n) is 11.1. The normalized spacial score (nSPS) is 9.85. The average molecular weight is 268 g/mol. The van der Waals surface area contributed by atoms with Crippen LogP contribution < -0.4 is 5.56 Å². The number of esters is 1. The van der Waals surface area contributed by atoms with Crippen molar-refractivity contribution in [3.8, 4) is 17.2 Å². The van der Waals surface area contributed by atoms with Crippen LogP contribution in [0.5, 0.6) is 0 Å². The van der Waals surface area contributed by atoms with E-state index in [0.29, 0.717) is 22.4 Å². The zero-order chi connectivity index (χ0) is 14.7. The number of nitrogens with zero attached hydrogens (tertiary/aromatic N) is 1. The van der Waals surface area contributed by atoms with E-state index in [1.165, 1.54) is 7.11 Å². The van der Waals surface area contributed by atoms with Gasteiger partial charge in [-0.25, -0.2) is 4.79 Å². The minimum absolute atomic E-state index is 0.0569. The number of rotatable bonds is 2. The lowest BCUT2D eigenvalue weighted by Gasteiger charge is -2.06. The molecular weight excluding hydrogens is 256 g/mol. The molecule has 0 saturated heterocycles. The van der Waals surface area contributed by atoms with Gasteiger partial charge in [0.25, 0.3) is 5.56 Å². The van der Waals surface area contributed by atoms with Gasteiger partial charge < -0.3 is 9.72 Å². The molecule has 0 unspecified atom stereocenters. The summed E-state index contributed by atoms with van der Waals surface area (Å²) < 4.78 is 4.62. The van der Waals surface area contributed by atoms with Gasteiger partial charge in [-0.05, 0) is 30.7 Å². The van der Waals surface area contributed by atoms with Gasteiger partial charge in [0.05, 0.1) is 12.7 Å². The van der Waals surface area contributed by atoms with Crippen molar-refractivity contribution < 1.29 is 9.53 Å². The van der Waals surface area contributed by atoms with Crippen molar-refractivity contribution in [1.82, 2.24) is 4.98 Å². The molecule has 0 fully saturated rings. The highest BCUT2D eigenvalue weighted by molar-refractivity contribution is 5.90. The number of ether oxygens (including phenoxy) is 1. The van der Waals surface area contributed by atoms with Crippen LogP contribution in [0.25, 0.3) is 11.1 Å². The van der Waals surface area contributed by atoms with Crippen LogP contribution in [0.4, 0.5) is 0 Å². The maximum Gasteiger partial charge on any atom is 0.337 e. The Labute approximate surface area is 115 Å². The van der Waals surface area contributed by atoms with Crippen molar-refractivity contribution in [3.63, 3.8) is 0 Å². The van der Waals surface area contributed by atoms with Crippen LogP contribution in [0.1, 0.15) is 21.6 Å². The number of methoxy groups -OCH3 is 1. The molecule has 0 aliphatic carbocycles. The van der Waals surface area contributed by atoms with Crippen molar-refractivity contribution in [2.45, 2.75) is 6.92 Å². The van der Waals surface area contributed by atoms with Crippen LogP contribution in [0, 0.1) is 18.3 Å². The predicted octanol–water partition coefficient (Wildman–Crippen LogP) is 2.01. The highest BCUT2D eigenvalue weighted by atomic mass is 16.5. The lowest BCUT2D eigenvalue weighted by molar-refractivity contribution is 0.0601. The van der Waals surface area contributed by atoms with Crippen molar-refractivity contribution in [3.05, 3.63) is 57.5 Å². The Morgan fingerprint density at radius 3 is 2.50 bits per heavy atom. The third-order valence-corrected chi connectivity index (χ3v) is 2.90. The maximum atomic E-state index is 11.7. The van der Waals surface area contributed by atoms with Crippen LogP contribution in [0.2, 0.25) is 0 Å². The van der Waals surface area contributed by atoms with E-state index in [0.717, 1.165) is 0 Å². The fourth-order valence-electron chi connectivity index (χ4n) is 1.93. The number of nitrogens with one attached hydrogen (secondary N) is 1. The summed E-state index contributed by atoms with van der Waals surface area (Å²) in [5.41, 5.74) is 1.96. The zero-order valence-corrected chi connectivity index (χ0v) is 11.1. The molecule has 20 heavy (non-hydrogen) atoms. The van der Waals surface area contributed by atoms with Gasteiger partial charge in [0.15, 0.2) is 0 Å². The van der Waals surface area contributed by atoms with Crippen LogP contribution in [0.3, 0.4) is 0 Å². The number of pyridine rings is 1. The Hall–Kier alpha value is -2.87. The minimum atomic E-state index is -0.431. The number of carbonyl (C=O) groups is 1. The number of hydrogen-bond acceptors (Lipinski definition) is 4. The molecule has 0 aliphatic heterocycles. The average Bonchev–Trinajstić information content (AvgIpc) is 2.46. The lowest BCUT2D eigenvalue weighted by atomic mass is 10.00. The molecule has 2 rings (SSSR count). The monoisotopic (exact) mass is 268 g/mol. The first kappa shape index (κ1) is 13.6. The fraction of sp³-hybridized carbons (Fsp3) is 0.133. The van der Waals surface area contributed by atoms with Gasteiger partial charge in [0.2, 0.25) is 0 Å². The van der Waals surface area contributed by atoms with Gasteiger partial charge in [-0.1, -0.05) is 12.1 Å². The van der Waals surface area contributed by atoms with Gasteiger partial charge in [-0.2, -0.15) is 5.26 Å². The first-order chi connectivity index (χ1) is 9.56. The summed E-state index contributed by atoms with van der Waals surface area (Å²) >= 11 is 0. The number of nitriles is 1. The van der Waals surface area contributed by atoms with E-state index in [4.69, 9.17) is 5.26 Å². The lowest BCUT2D eigenvalue weighted by Crippen LogP contribution is -2.12. The first-order valence-electron chi connectivity index (χ1n) is 5.89. The first-order valence-corrected chi connectivity index (χ1v) is 5.89. The van der Waals surface area contributed by atoms with Crippen LogP contribution in [0.15, 0.2) is 35.1 Å². The van der Waals surface area contributed by atoms with E-state index in [1.807, 2.05) is 6.07 Å². The number of aromatic nitrogens is 1. The second-order valence-corrected chi connectivity index (χ2v) is 4.25. The second-order valence-electron chi connectivity index (χ2n) is 4.25. The minimum Gasteiger partial charge on any atom is -0.465 e. The van der Waals surface area contributed by atoms with Crippen molar-refractivity contribution in [1.29, 1.82) is 5.26 Å². The SMILES string of the molecule is COC(=O)c1ccc(-c2cc(C)[nH]c(=O)c2C#N)cc1. The molecule has 1 heterocycles. The Morgan fingerprint density at radius 2 is 1.95 bits per heavy atom. The molecule has 0 aliphatic rings. The molecule has 0 saturated carbocycles. The second kappa shape index (κ2) is 5.41. The summed E-state index contributed by atoms with van der Waals surface area (Å²) in [6.45, 7) is 1.74. The van der Waals surface area contributed by atoms with E-state index in [2.05, 4.69) is 9.72 Å². The van der Waals surface area contributed by atoms with E-state index < -0.39 is 11.5 Å². The van der Waals surface area contributed by atoms with Crippen LogP contribution >= 0.6 is 0 Å². The molecule has 0 atom stereocenters. The molecule has 0 radical (unpaired) electrons. The Balaban J connectivity index is 2.55. The number of carbonyl (C=O) groups excluding carboxylic acids is 1. The quantitative estimate of drug-likeness (QED) is 0.844. The van der Waals surface area contributed by atoms with E-state index in [9.17, 15) is 9.59 Å². The summed E-state index contributed by atoms with van der Waals surface area (Å²) in [4.78, 5) is 25.7. The van der Waals surface area contributed by atoms with Crippen molar-refractivity contribution >= 4 is 5.97 Å². The topological polar surface area (TPSA) is 83.0 Å². The molecule has 1 aromatic heterocycles. The fourth-order valence-corrected chi connectivity index (χ4v) is 1.93. The molecule has 0 amide bonds. The van der Waals surface area contributed by atoms with E-state index >= 15 is 0 Å². The standard InChI is InChI=1S/C15H12N2O3/c1-9-7-12(13(8-16)14(18)17-9)10-3-5-11(6-4-10)15(19)20-2/h3-7H,1-2H3,(H,17,18). The molecule has 1 aromatic carbocycles. The van der Waals surface area contributed by atoms with E-state index in [-0.39, 0.29) is 5.56 Å². The smallest absolute Gasteiger partial charge is 0.337 e. The van der Waals surface area contributed by atoms with Crippen molar-refractivity contribution in [2.24, 2.45) is 0 Å². The van der Waals surface area contributed by atoms with Gasteiger partial charge in [-0.3, -0.25) is 4.79 Å². The molecule has 0 spiro atoms. The summed E-state index contributed by atoms with van der Waals surface area (Å²) in [7, 11) is 1.31. The molecule has 0 bridgehead atoms. The predicted molar refractivity (Wildman–Crippen MR) is 73.3 cm³/mol. The molecule has 2 aromatic rings. The van der Waals surface area contributed by atoms with Crippen LogP contribution in [-0.2, 0) is 4.74 Å². The highest BCUT2D eigenvalue weighted by Gasteiger charge is 2.11. The third kappa shape index (κ3) is 2.45. The molecule has 5 heteroatoms. The number of hydrogen-bond donors (Lipinski definition) is 1. The Morgan fingerprint density at radius 1 is 1.30 bits per heavy atom. The molecule has 5 nitrogen and oxygen atoms in total. The Kier molecular flexibility index (Phi) is 3.67. The van der Waals surface area contributed by atoms with E-state index in [1.54, 1.807) is 37.3 Å². The van der Waals surface area contributed by atoms with Gasteiger partial charge in [0.1, 0.15) is 11.6 Å². The van der Waals surface area contributed by atoms with Crippen LogP contribution in [-0.4, -0.2) is 18.1 Å². The third-order valence-electron chi connectivity index (χ3n) is 2.90. The van der Waals surface area contributed by atoms with Gasteiger partial charge in [-0.15, -0.1) is 0 Å². The van der Waals surface area contributed by atoms with Crippen molar-refractivity contribution in [2.75, 3.05) is 7.11 Å². The van der Waals surface area contributed by atoms with Gasteiger partial charge >= 0.3 is 5.97 Å². The highest BCUT2D eigenvalue weighted by Crippen LogP contribution is 2.22. The summed E-state index contributed by atoms with van der Waals surface area (Å²) in [5.74, 6) is -0.431. The van der Waals surface area contributed by atoms with Gasteiger partial charge in [0, 0.05) is 11.3 Å². The number of benzene rings is 1. The number of aryl methyl sites for hydroxylation is 1. The summed E-state index contributed by atoms with van der Waals surface area (Å²) in [6, 6.07) is 10.2. The molecular formula is C15H12N2O3. The largest absolute Gasteiger partial charge is 0.465 e. The molecule has 1 N–H and O–H groups in total. The Bertz CT molecular complexity index is 752.